The first-order valence-corrected chi connectivity index (χ1v) is 13.5. The van der Waals surface area contributed by atoms with Crippen LogP contribution in [0.3, 0.4) is 0 Å². The van der Waals surface area contributed by atoms with Gasteiger partial charge >= 0.3 is 0 Å². The number of carbonyl (C=O) groups is 2. The van der Waals surface area contributed by atoms with Crippen molar-refractivity contribution < 1.29 is 18.0 Å². The first-order valence-electron chi connectivity index (χ1n) is 11.7. The van der Waals surface area contributed by atoms with Gasteiger partial charge in [0.2, 0.25) is 11.8 Å². The third kappa shape index (κ3) is 5.78. The van der Waals surface area contributed by atoms with Gasteiger partial charge in [-0.3, -0.25) is 14.5 Å². The number of nitrogens with zero attached hydrogens (tertiary/aromatic N) is 2. The highest BCUT2D eigenvalue weighted by molar-refractivity contribution is 7.91. The van der Waals surface area contributed by atoms with Gasteiger partial charge in [-0.25, -0.2) is 8.42 Å². The molecule has 0 bridgehead atoms. The smallest absolute Gasteiger partial charge is 0.246 e. The average molecular weight is 460 g/mol. The first kappa shape index (κ1) is 23.0. The fraction of sp³-hybridized carbons (Fsp3) is 0.583. The summed E-state index contributed by atoms with van der Waals surface area (Å²) in [6, 6.07) is 9.24. The number of amides is 2. The van der Waals surface area contributed by atoms with Crippen molar-refractivity contribution in [3.63, 3.8) is 0 Å². The second-order valence-electron chi connectivity index (χ2n) is 9.20. The maximum atomic E-state index is 12.9. The lowest BCUT2D eigenvalue weighted by Crippen LogP contribution is -2.54. The van der Waals surface area contributed by atoms with Gasteiger partial charge in [-0.15, -0.1) is 0 Å². The summed E-state index contributed by atoms with van der Waals surface area (Å²) in [5.74, 6) is -0.122. The standard InChI is InChI=1S/C24H33N3O4S/c28-23(10-9-19-7-3-1-4-8-19)27-15-11-20(12-16-27)24(29)25-21-17-32(30,31)18-22(21)26-13-5-2-6-14-26/h1,3-4,7-10,20-22H,2,5-6,11-18H2,(H,25,29)/b10-9+. The van der Waals surface area contributed by atoms with E-state index in [1.165, 1.54) is 6.42 Å². The largest absolute Gasteiger partial charge is 0.350 e. The molecule has 3 heterocycles. The minimum Gasteiger partial charge on any atom is -0.350 e. The number of likely N-dealkylation sites (tertiary alicyclic amines) is 2. The molecule has 3 aliphatic heterocycles. The second kappa shape index (κ2) is 10.2. The zero-order chi connectivity index (χ0) is 22.6. The van der Waals surface area contributed by atoms with Crippen molar-refractivity contribution in [2.45, 2.75) is 44.2 Å². The quantitative estimate of drug-likeness (QED) is 0.678. The Hall–Kier alpha value is -2.19. The normalized spacial score (nSPS) is 26.9. The molecule has 2 amide bonds. The van der Waals surface area contributed by atoms with Crippen LogP contribution in [0.15, 0.2) is 36.4 Å². The van der Waals surface area contributed by atoms with E-state index in [1.807, 2.05) is 36.4 Å². The summed E-state index contributed by atoms with van der Waals surface area (Å²) < 4.78 is 24.6. The number of nitrogens with one attached hydrogen (secondary N) is 1. The van der Waals surface area contributed by atoms with E-state index in [0.717, 1.165) is 31.5 Å². The molecule has 1 aromatic rings. The molecule has 32 heavy (non-hydrogen) atoms. The van der Waals surface area contributed by atoms with Crippen LogP contribution in [0.25, 0.3) is 6.08 Å². The summed E-state index contributed by atoms with van der Waals surface area (Å²) >= 11 is 0. The number of rotatable bonds is 5. The Balaban J connectivity index is 1.29. The summed E-state index contributed by atoms with van der Waals surface area (Å²) in [5.41, 5.74) is 0.977. The van der Waals surface area contributed by atoms with E-state index in [1.54, 1.807) is 11.0 Å². The average Bonchev–Trinajstić information content (AvgIpc) is 3.12. The summed E-state index contributed by atoms with van der Waals surface area (Å²) in [6.07, 6.45) is 7.95. The molecule has 0 saturated carbocycles. The number of benzene rings is 1. The van der Waals surface area contributed by atoms with Gasteiger partial charge in [0.25, 0.3) is 0 Å². The van der Waals surface area contributed by atoms with Gasteiger partial charge in [0.15, 0.2) is 9.84 Å². The van der Waals surface area contributed by atoms with E-state index in [4.69, 9.17) is 0 Å². The number of hydrogen-bond donors (Lipinski definition) is 1. The predicted molar refractivity (Wildman–Crippen MR) is 125 cm³/mol. The molecule has 1 N–H and O–H groups in total. The molecule has 3 saturated heterocycles. The zero-order valence-corrected chi connectivity index (χ0v) is 19.3. The van der Waals surface area contributed by atoms with E-state index in [-0.39, 0.29) is 41.3 Å². The van der Waals surface area contributed by atoms with Crippen LogP contribution in [-0.2, 0) is 19.4 Å². The minimum atomic E-state index is -3.14. The number of sulfone groups is 1. The third-order valence-corrected chi connectivity index (χ3v) is 8.62. The van der Waals surface area contributed by atoms with E-state index in [2.05, 4.69) is 10.2 Å². The lowest BCUT2D eigenvalue weighted by molar-refractivity contribution is -0.132. The molecule has 174 valence electrons. The Kier molecular flexibility index (Phi) is 7.30. The van der Waals surface area contributed by atoms with E-state index < -0.39 is 9.84 Å². The summed E-state index contributed by atoms with van der Waals surface area (Å²) in [5, 5.41) is 3.07. The molecule has 7 nitrogen and oxygen atoms in total. The molecule has 2 atom stereocenters. The van der Waals surface area contributed by atoms with Crippen LogP contribution in [0.5, 0.6) is 0 Å². The van der Waals surface area contributed by atoms with Crippen molar-refractivity contribution in [3.8, 4) is 0 Å². The minimum absolute atomic E-state index is 0.0293. The SMILES string of the molecule is O=C(NC1CS(=O)(=O)CC1N1CCCCC1)C1CCN(C(=O)/C=C/c2ccccc2)CC1. The van der Waals surface area contributed by atoms with Crippen LogP contribution in [-0.4, -0.2) is 79.8 Å². The lowest BCUT2D eigenvalue weighted by Gasteiger charge is -2.36. The van der Waals surface area contributed by atoms with Crippen LogP contribution in [0, 0.1) is 5.92 Å². The maximum absolute atomic E-state index is 12.9. The van der Waals surface area contributed by atoms with Crippen LogP contribution in [0.4, 0.5) is 0 Å². The van der Waals surface area contributed by atoms with Crippen molar-refractivity contribution in [1.82, 2.24) is 15.1 Å². The van der Waals surface area contributed by atoms with Crippen LogP contribution in [0.2, 0.25) is 0 Å². The van der Waals surface area contributed by atoms with Crippen molar-refractivity contribution in [3.05, 3.63) is 42.0 Å². The molecular weight excluding hydrogens is 426 g/mol. The zero-order valence-electron chi connectivity index (χ0n) is 18.5. The number of carbonyl (C=O) groups excluding carboxylic acids is 2. The molecule has 3 fully saturated rings. The van der Waals surface area contributed by atoms with Crippen LogP contribution >= 0.6 is 0 Å². The maximum Gasteiger partial charge on any atom is 0.246 e. The molecule has 0 spiro atoms. The summed E-state index contributed by atoms with van der Waals surface area (Å²) in [4.78, 5) is 29.4. The molecule has 2 unspecified atom stereocenters. The molecule has 4 rings (SSSR count). The van der Waals surface area contributed by atoms with Crippen molar-refractivity contribution in [2.75, 3.05) is 37.7 Å². The molecule has 1 aromatic carbocycles. The van der Waals surface area contributed by atoms with Gasteiger partial charge in [-0.05, 0) is 50.4 Å². The fourth-order valence-electron chi connectivity index (χ4n) is 5.08. The van der Waals surface area contributed by atoms with Crippen molar-refractivity contribution in [1.29, 1.82) is 0 Å². The summed E-state index contributed by atoms with van der Waals surface area (Å²) in [6.45, 7) is 2.89. The Morgan fingerprint density at radius 3 is 2.31 bits per heavy atom. The molecule has 3 aliphatic rings. The van der Waals surface area contributed by atoms with Gasteiger partial charge in [-0.2, -0.15) is 0 Å². The predicted octanol–water partition coefficient (Wildman–Crippen LogP) is 1.71. The Morgan fingerprint density at radius 2 is 1.62 bits per heavy atom. The van der Waals surface area contributed by atoms with Gasteiger partial charge in [0.1, 0.15) is 0 Å². The summed E-state index contributed by atoms with van der Waals surface area (Å²) in [7, 11) is -3.14. The Labute approximate surface area is 190 Å². The van der Waals surface area contributed by atoms with Crippen LogP contribution in [0.1, 0.15) is 37.7 Å². The fourth-order valence-corrected chi connectivity index (χ4v) is 7.03. The van der Waals surface area contributed by atoms with E-state index in [0.29, 0.717) is 25.9 Å². The van der Waals surface area contributed by atoms with Crippen molar-refractivity contribution in [2.24, 2.45) is 5.92 Å². The highest BCUT2D eigenvalue weighted by Crippen LogP contribution is 2.24. The van der Waals surface area contributed by atoms with E-state index >= 15 is 0 Å². The topological polar surface area (TPSA) is 86.8 Å². The van der Waals surface area contributed by atoms with Gasteiger partial charge in [-0.1, -0.05) is 36.8 Å². The molecule has 0 aromatic heterocycles. The molecule has 0 radical (unpaired) electrons. The Morgan fingerprint density at radius 1 is 0.938 bits per heavy atom. The monoisotopic (exact) mass is 459 g/mol. The van der Waals surface area contributed by atoms with Gasteiger partial charge in [0.05, 0.1) is 17.5 Å². The Bertz CT molecular complexity index is 933. The second-order valence-corrected chi connectivity index (χ2v) is 11.4. The highest BCUT2D eigenvalue weighted by Gasteiger charge is 2.42. The molecule has 8 heteroatoms. The molecule has 0 aliphatic carbocycles. The van der Waals surface area contributed by atoms with Gasteiger partial charge in [0, 0.05) is 31.1 Å². The first-order chi connectivity index (χ1) is 15.4. The number of piperidine rings is 2. The number of hydrogen-bond acceptors (Lipinski definition) is 5. The highest BCUT2D eigenvalue weighted by atomic mass is 32.2. The van der Waals surface area contributed by atoms with E-state index in [9.17, 15) is 18.0 Å². The van der Waals surface area contributed by atoms with Crippen LogP contribution < -0.4 is 5.32 Å². The van der Waals surface area contributed by atoms with Crippen molar-refractivity contribution >= 4 is 27.7 Å². The molecular formula is C24H33N3O4S. The van der Waals surface area contributed by atoms with Gasteiger partial charge < -0.3 is 10.2 Å². The third-order valence-electron chi connectivity index (χ3n) is 6.91. The lowest BCUT2D eigenvalue weighted by atomic mass is 9.95.